The number of hydrogen-bond donors (Lipinski definition) is 1. The molecule has 4 rings (SSSR count). The Bertz CT molecular complexity index is 897. The monoisotopic (exact) mass is 327 g/mol. The summed E-state index contributed by atoms with van der Waals surface area (Å²) in [5.41, 5.74) is 8.52. The number of rotatable bonds is 3. The van der Waals surface area contributed by atoms with Crippen LogP contribution in [0.1, 0.15) is 32.7 Å². The molecular formula is C16H17N5OS. The van der Waals surface area contributed by atoms with E-state index in [2.05, 4.69) is 28.0 Å². The molecular weight excluding hydrogens is 310 g/mol. The van der Waals surface area contributed by atoms with E-state index in [9.17, 15) is 4.79 Å². The van der Waals surface area contributed by atoms with Crippen LogP contribution in [0.15, 0.2) is 24.4 Å². The van der Waals surface area contributed by atoms with Crippen molar-refractivity contribution >= 4 is 28.7 Å². The van der Waals surface area contributed by atoms with Crippen molar-refractivity contribution < 1.29 is 4.79 Å². The molecule has 0 aliphatic carbocycles. The first-order chi connectivity index (χ1) is 11.2. The van der Waals surface area contributed by atoms with Crippen molar-refractivity contribution in [1.29, 1.82) is 0 Å². The van der Waals surface area contributed by atoms with Crippen LogP contribution in [0.5, 0.6) is 0 Å². The predicted molar refractivity (Wildman–Crippen MR) is 90.0 cm³/mol. The fourth-order valence-corrected chi connectivity index (χ4v) is 4.02. The maximum atomic E-state index is 11.4. The second-order valence-electron chi connectivity index (χ2n) is 5.66. The number of carbonyl (C=O) groups excluding carboxylic acids is 1. The molecule has 0 radical (unpaired) electrons. The summed E-state index contributed by atoms with van der Waals surface area (Å²) in [6.45, 7) is 3.76. The lowest BCUT2D eigenvalue weighted by Crippen LogP contribution is -2.31. The maximum Gasteiger partial charge on any atom is 0.258 e. The van der Waals surface area contributed by atoms with Crippen molar-refractivity contribution in [3.63, 3.8) is 0 Å². The Labute approximate surface area is 137 Å². The normalized spacial score (nSPS) is 14.2. The molecule has 1 amide bonds. The largest absolute Gasteiger partial charge is 0.365 e. The van der Waals surface area contributed by atoms with Gasteiger partial charge in [0.05, 0.1) is 11.1 Å². The second-order valence-corrected chi connectivity index (χ2v) is 6.79. The van der Waals surface area contributed by atoms with Gasteiger partial charge in [-0.2, -0.15) is 9.61 Å². The van der Waals surface area contributed by atoms with E-state index >= 15 is 0 Å². The number of fused-ring (bicyclic) bond motifs is 2. The minimum atomic E-state index is -0.345. The molecule has 2 N–H and O–H groups in total. The lowest BCUT2D eigenvalue weighted by Gasteiger charge is -2.29. The summed E-state index contributed by atoms with van der Waals surface area (Å²) in [6, 6.07) is 5.96. The van der Waals surface area contributed by atoms with Gasteiger partial charge >= 0.3 is 0 Å². The number of aryl methyl sites for hydroxylation is 1. The lowest BCUT2D eigenvalue weighted by molar-refractivity contribution is 0.100. The number of anilines is 1. The fraction of sp³-hybridized carbons (Fsp3) is 0.312. The molecule has 23 heavy (non-hydrogen) atoms. The summed E-state index contributed by atoms with van der Waals surface area (Å²) in [4.78, 5) is 20.2. The highest BCUT2D eigenvalue weighted by Crippen LogP contribution is 2.30. The quantitative estimate of drug-likeness (QED) is 0.798. The number of nitrogens with zero attached hydrogens (tertiary/aromatic N) is 4. The van der Waals surface area contributed by atoms with E-state index in [-0.39, 0.29) is 5.91 Å². The van der Waals surface area contributed by atoms with Gasteiger partial charge < -0.3 is 10.6 Å². The van der Waals surface area contributed by atoms with Gasteiger partial charge in [0.25, 0.3) is 5.91 Å². The van der Waals surface area contributed by atoms with Gasteiger partial charge in [-0.3, -0.25) is 4.79 Å². The summed E-state index contributed by atoms with van der Waals surface area (Å²) >= 11 is 1.52. The smallest absolute Gasteiger partial charge is 0.258 e. The summed E-state index contributed by atoms with van der Waals surface area (Å²) in [6.07, 6.45) is 3.58. The zero-order valence-electron chi connectivity index (χ0n) is 12.8. The van der Waals surface area contributed by atoms with E-state index in [4.69, 9.17) is 5.73 Å². The number of hydrogen-bond acceptors (Lipinski definition) is 5. The number of nitrogens with two attached hydrogens (primary N) is 1. The number of primary amides is 1. The van der Waals surface area contributed by atoms with Crippen LogP contribution in [0.3, 0.4) is 0 Å². The van der Waals surface area contributed by atoms with Gasteiger partial charge in [0, 0.05) is 35.8 Å². The first kappa shape index (κ1) is 14.2. The SMILES string of the molecule is CCc1cc(N2CCc3sc(C(N)=O)cc3C2)n2nccc2n1. The van der Waals surface area contributed by atoms with Gasteiger partial charge in [-0.05, 0) is 24.5 Å². The lowest BCUT2D eigenvalue weighted by atomic mass is 10.1. The standard InChI is InChI=1S/C16H17N5OS/c1-2-11-8-15(21-14(19-11)3-5-18-21)20-6-4-12-10(9-20)7-13(23-12)16(17)22/h3,5,7-8H,2,4,6,9H2,1H3,(H2,17,22). The molecule has 3 aromatic rings. The van der Waals surface area contributed by atoms with E-state index in [1.54, 1.807) is 6.20 Å². The molecule has 0 saturated heterocycles. The van der Waals surface area contributed by atoms with E-state index in [0.717, 1.165) is 43.1 Å². The highest BCUT2D eigenvalue weighted by atomic mass is 32.1. The highest BCUT2D eigenvalue weighted by Gasteiger charge is 2.23. The maximum absolute atomic E-state index is 11.4. The molecule has 0 atom stereocenters. The Balaban J connectivity index is 1.74. The number of carbonyl (C=O) groups is 1. The van der Waals surface area contributed by atoms with Crippen LogP contribution < -0.4 is 10.6 Å². The van der Waals surface area contributed by atoms with Crippen LogP contribution in [0.2, 0.25) is 0 Å². The average molecular weight is 327 g/mol. The minimum absolute atomic E-state index is 0.345. The van der Waals surface area contributed by atoms with Crippen LogP contribution in [-0.2, 0) is 19.4 Å². The summed E-state index contributed by atoms with van der Waals surface area (Å²) in [5, 5.41) is 4.40. The van der Waals surface area contributed by atoms with Gasteiger partial charge in [-0.1, -0.05) is 6.92 Å². The van der Waals surface area contributed by atoms with Crippen LogP contribution >= 0.6 is 11.3 Å². The van der Waals surface area contributed by atoms with E-state index in [1.807, 2.05) is 16.6 Å². The molecule has 1 aliphatic rings. The zero-order chi connectivity index (χ0) is 16.0. The Hall–Kier alpha value is -2.41. The van der Waals surface area contributed by atoms with E-state index < -0.39 is 0 Å². The van der Waals surface area contributed by atoms with Gasteiger partial charge in [0.1, 0.15) is 5.82 Å². The van der Waals surface area contributed by atoms with Gasteiger partial charge in [0.2, 0.25) is 0 Å². The molecule has 118 valence electrons. The van der Waals surface area contributed by atoms with Crippen LogP contribution in [0, 0.1) is 0 Å². The van der Waals surface area contributed by atoms with Crippen LogP contribution in [0.4, 0.5) is 5.82 Å². The van der Waals surface area contributed by atoms with Gasteiger partial charge in [-0.25, -0.2) is 4.98 Å². The number of thiophene rings is 1. The average Bonchev–Trinajstić information content (AvgIpc) is 3.19. The fourth-order valence-electron chi connectivity index (χ4n) is 3.00. The molecule has 0 unspecified atom stereocenters. The van der Waals surface area contributed by atoms with Crippen molar-refractivity contribution in [1.82, 2.24) is 14.6 Å². The van der Waals surface area contributed by atoms with Crippen molar-refractivity contribution in [2.24, 2.45) is 5.73 Å². The Morgan fingerprint density at radius 3 is 3.09 bits per heavy atom. The Morgan fingerprint density at radius 1 is 1.43 bits per heavy atom. The third-order valence-corrected chi connectivity index (χ3v) is 5.44. The Morgan fingerprint density at radius 2 is 2.30 bits per heavy atom. The molecule has 0 fully saturated rings. The van der Waals surface area contributed by atoms with Crippen LogP contribution in [-0.4, -0.2) is 27.0 Å². The predicted octanol–water partition coefficient (Wildman–Crippen LogP) is 2.01. The van der Waals surface area contributed by atoms with E-state index in [0.29, 0.717) is 4.88 Å². The van der Waals surface area contributed by atoms with Crippen molar-refractivity contribution in [3.05, 3.63) is 45.4 Å². The molecule has 0 bridgehead atoms. The molecule has 1 aliphatic heterocycles. The molecule has 0 spiro atoms. The van der Waals surface area contributed by atoms with E-state index in [1.165, 1.54) is 21.8 Å². The summed E-state index contributed by atoms with van der Waals surface area (Å²) < 4.78 is 1.88. The molecule has 7 heteroatoms. The third-order valence-electron chi connectivity index (χ3n) is 4.19. The van der Waals surface area contributed by atoms with Crippen molar-refractivity contribution in [3.8, 4) is 0 Å². The highest BCUT2D eigenvalue weighted by molar-refractivity contribution is 7.14. The molecule has 0 saturated carbocycles. The zero-order valence-corrected chi connectivity index (χ0v) is 13.6. The first-order valence-electron chi connectivity index (χ1n) is 7.65. The third kappa shape index (κ3) is 2.37. The van der Waals surface area contributed by atoms with Gasteiger partial charge in [-0.15, -0.1) is 11.3 Å². The van der Waals surface area contributed by atoms with Gasteiger partial charge in [0.15, 0.2) is 5.65 Å². The minimum Gasteiger partial charge on any atom is -0.365 e. The molecule has 0 aromatic carbocycles. The summed E-state index contributed by atoms with van der Waals surface area (Å²) in [5.74, 6) is 0.705. The molecule has 3 aromatic heterocycles. The van der Waals surface area contributed by atoms with Crippen molar-refractivity contribution in [2.75, 3.05) is 11.4 Å². The first-order valence-corrected chi connectivity index (χ1v) is 8.47. The topological polar surface area (TPSA) is 76.5 Å². The van der Waals surface area contributed by atoms with Crippen LogP contribution in [0.25, 0.3) is 5.65 Å². The molecule has 4 heterocycles. The van der Waals surface area contributed by atoms with Crippen molar-refractivity contribution in [2.45, 2.75) is 26.3 Å². The second kappa shape index (κ2) is 5.34. The Kier molecular flexibility index (Phi) is 3.30. The number of amides is 1. The summed E-state index contributed by atoms with van der Waals surface area (Å²) in [7, 11) is 0. The molecule has 6 nitrogen and oxygen atoms in total. The number of aromatic nitrogens is 3.